The molecule has 3 nitrogen and oxygen atoms in total. The Labute approximate surface area is 97.7 Å². The number of aliphatic hydroxyl groups is 2. The summed E-state index contributed by atoms with van der Waals surface area (Å²) in [6.45, 7) is 2.18. The largest absolute Gasteiger partial charge is 0.393 e. The monoisotopic (exact) mass is 235 g/mol. The lowest BCUT2D eigenvalue weighted by atomic mass is 9.64. The fourth-order valence-corrected chi connectivity index (χ4v) is 2.86. The molecule has 1 aliphatic carbocycles. The molecule has 15 heavy (non-hydrogen) atoms. The Morgan fingerprint density at radius 1 is 0.933 bits per heavy atom. The molecule has 1 aliphatic heterocycles. The van der Waals surface area contributed by atoms with E-state index in [0.717, 1.165) is 38.8 Å². The first kappa shape index (κ1) is 13.2. The van der Waals surface area contributed by atoms with E-state index in [2.05, 4.69) is 5.32 Å². The molecule has 4 heteroatoms. The zero-order valence-corrected chi connectivity index (χ0v) is 9.98. The summed E-state index contributed by atoms with van der Waals surface area (Å²) in [5.41, 5.74) is -0.289. The first-order valence-electron chi connectivity index (χ1n) is 5.72. The molecule has 2 aliphatic rings. The molecule has 0 atom stereocenters. The lowest BCUT2D eigenvalue weighted by Crippen LogP contribution is -2.45. The van der Waals surface area contributed by atoms with Crippen molar-refractivity contribution in [2.75, 3.05) is 19.7 Å². The topological polar surface area (TPSA) is 52.5 Å². The summed E-state index contributed by atoms with van der Waals surface area (Å²) in [5, 5.41) is 22.4. The fraction of sp³-hybridized carbons (Fsp3) is 1.00. The lowest BCUT2D eigenvalue weighted by molar-refractivity contribution is -0.0747. The van der Waals surface area contributed by atoms with E-state index in [4.69, 9.17) is 5.11 Å². The Hall–Kier alpha value is 0.170. The van der Waals surface area contributed by atoms with Gasteiger partial charge in [-0.1, -0.05) is 0 Å². The van der Waals surface area contributed by atoms with Crippen molar-refractivity contribution in [3.8, 4) is 0 Å². The van der Waals surface area contributed by atoms with Crippen LogP contribution >= 0.6 is 12.4 Å². The predicted molar refractivity (Wildman–Crippen MR) is 62.3 cm³/mol. The summed E-state index contributed by atoms with van der Waals surface area (Å²) in [6.07, 6.45) is 6.23. The second-order valence-corrected chi connectivity index (χ2v) is 5.13. The molecule has 1 spiro atoms. The number of rotatable bonds is 1. The van der Waals surface area contributed by atoms with E-state index in [1.54, 1.807) is 0 Å². The summed E-state index contributed by atoms with van der Waals surface area (Å²) in [5.74, 6) is 0. The maximum absolute atomic E-state index is 9.93. The van der Waals surface area contributed by atoms with Crippen molar-refractivity contribution >= 4 is 12.4 Å². The molecule has 0 radical (unpaired) electrons. The molecule has 0 bridgehead atoms. The minimum atomic E-state index is -0.768. The van der Waals surface area contributed by atoms with Gasteiger partial charge in [0.1, 0.15) is 0 Å². The number of hydrogen-bond acceptors (Lipinski definition) is 3. The van der Waals surface area contributed by atoms with Crippen LogP contribution in [0.1, 0.15) is 38.5 Å². The highest BCUT2D eigenvalue weighted by Crippen LogP contribution is 2.46. The smallest absolute Gasteiger partial charge is 0.0877 e. The normalized spacial score (nSPS) is 28.4. The minimum absolute atomic E-state index is 0. The number of hydrogen-bond donors (Lipinski definition) is 3. The summed E-state index contributed by atoms with van der Waals surface area (Å²) in [4.78, 5) is 0. The molecule has 0 amide bonds. The first-order chi connectivity index (χ1) is 6.68. The highest BCUT2D eigenvalue weighted by molar-refractivity contribution is 5.85. The predicted octanol–water partition coefficient (Wildman–Crippen LogP) is 1.08. The van der Waals surface area contributed by atoms with Crippen molar-refractivity contribution in [2.24, 2.45) is 5.41 Å². The van der Waals surface area contributed by atoms with Crippen LogP contribution in [0, 0.1) is 5.41 Å². The average molecular weight is 236 g/mol. The maximum atomic E-state index is 9.93. The average Bonchev–Trinajstić information content (AvgIpc) is 2.25. The third-order valence-corrected chi connectivity index (χ3v) is 4.20. The summed E-state index contributed by atoms with van der Waals surface area (Å²) in [6, 6.07) is 0. The van der Waals surface area contributed by atoms with Crippen LogP contribution in [0.2, 0.25) is 0 Å². The number of halogens is 1. The van der Waals surface area contributed by atoms with Gasteiger partial charge in [-0.05, 0) is 57.0 Å². The van der Waals surface area contributed by atoms with E-state index in [9.17, 15) is 5.11 Å². The molecule has 2 fully saturated rings. The van der Waals surface area contributed by atoms with E-state index in [1.807, 2.05) is 0 Å². The molecular weight excluding hydrogens is 214 g/mol. The van der Waals surface area contributed by atoms with Crippen LogP contribution in [0.15, 0.2) is 0 Å². The van der Waals surface area contributed by atoms with Crippen molar-refractivity contribution in [3.05, 3.63) is 0 Å². The van der Waals surface area contributed by atoms with Crippen LogP contribution in [0.5, 0.6) is 0 Å². The van der Waals surface area contributed by atoms with Crippen LogP contribution in [0.4, 0.5) is 0 Å². The first-order valence-corrected chi connectivity index (χ1v) is 5.72. The van der Waals surface area contributed by atoms with E-state index in [-0.39, 0.29) is 19.0 Å². The molecule has 2 rings (SSSR count). The van der Waals surface area contributed by atoms with Crippen molar-refractivity contribution in [1.29, 1.82) is 0 Å². The molecule has 0 aromatic carbocycles. The second-order valence-electron chi connectivity index (χ2n) is 5.13. The second kappa shape index (κ2) is 5.00. The number of aliphatic hydroxyl groups excluding tert-OH is 1. The van der Waals surface area contributed by atoms with E-state index < -0.39 is 5.60 Å². The lowest BCUT2D eigenvalue weighted by Gasteiger charge is -2.45. The molecular formula is C11H22ClNO2. The molecule has 90 valence electrons. The SMILES string of the molecule is Cl.OCC1(O)CCC2(CCNCC2)CC1. The van der Waals surface area contributed by atoms with Gasteiger partial charge in [-0.15, -0.1) is 12.4 Å². The van der Waals surface area contributed by atoms with Gasteiger partial charge < -0.3 is 15.5 Å². The van der Waals surface area contributed by atoms with Crippen molar-refractivity contribution < 1.29 is 10.2 Å². The number of piperidine rings is 1. The Morgan fingerprint density at radius 2 is 1.47 bits per heavy atom. The quantitative estimate of drug-likeness (QED) is 0.638. The van der Waals surface area contributed by atoms with E-state index in [1.165, 1.54) is 12.8 Å². The van der Waals surface area contributed by atoms with Gasteiger partial charge in [-0.2, -0.15) is 0 Å². The van der Waals surface area contributed by atoms with Crippen molar-refractivity contribution in [3.63, 3.8) is 0 Å². The van der Waals surface area contributed by atoms with Gasteiger partial charge in [-0.3, -0.25) is 0 Å². The van der Waals surface area contributed by atoms with Gasteiger partial charge in [0.15, 0.2) is 0 Å². The Balaban J connectivity index is 0.00000112. The molecule has 1 saturated carbocycles. The molecule has 3 N–H and O–H groups in total. The standard InChI is InChI=1S/C11H21NO2.ClH/c13-9-11(14)3-1-10(2-4-11)5-7-12-8-6-10;/h12-14H,1-9H2;1H. The van der Waals surface area contributed by atoms with Gasteiger partial charge in [0.25, 0.3) is 0 Å². The third-order valence-electron chi connectivity index (χ3n) is 4.20. The highest BCUT2D eigenvalue weighted by Gasteiger charge is 2.41. The van der Waals surface area contributed by atoms with Crippen LogP contribution in [0.3, 0.4) is 0 Å². The molecule has 0 aromatic heterocycles. The van der Waals surface area contributed by atoms with Crippen LogP contribution in [0.25, 0.3) is 0 Å². The van der Waals surface area contributed by atoms with Gasteiger partial charge in [0.05, 0.1) is 12.2 Å². The molecule has 1 heterocycles. The molecule has 1 saturated heterocycles. The zero-order valence-electron chi connectivity index (χ0n) is 9.17. The van der Waals surface area contributed by atoms with Crippen LogP contribution < -0.4 is 5.32 Å². The Kier molecular flexibility index (Phi) is 4.41. The van der Waals surface area contributed by atoms with E-state index in [0.29, 0.717) is 5.41 Å². The Morgan fingerprint density at radius 3 is 1.93 bits per heavy atom. The van der Waals surface area contributed by atoms with Crippen molar-refractivity contribution in [2.45, 2.75) is 44.1 Å². The van der Waals surface area contributed by atoms with Gasteiger partial charge >= 0.3 is 0 Å². The van der Waals surface area contributed by atoms with Crippen LogP contribution in [-0.4, -0.2) is 35.5 Å². The van der Waals surface area contributed by atoms with Gasteiger partial charge in [0.2, 0.25) is 0 Å². The van der Waals surface area contributed by atoms with Gasteiger partial charge in [-0.25, -0.2) is 0 Å². The van der Waals surface area contributed by atoms with Crippen molar-refractivity contribution in [1.82, 2.24) is 5.32 Å². The molecule has 0 unspecified atom stereocenters. The van der Waals surface area contributed by atoms with Crippen LogP contribution in [-0.2, 0) is 0 Å². The molecule has 0 aromatic rings. The summed E-state index contributed by atoms with van der Waals surface area (Å²) in [7, 11) is 0. The maximum Gasteiger partial charge on any atom is 0.0877 e. The summed E-state index contributed by atoms with van der Waals surface area (Å²) < 4.78 is 0. The van der Waals surface area contributed by atoms with Gasteiger partial charge in [0, 0.05) is 0 Å². The highest BCUT2D eigenvalue weighted by atomic mass is 35.5. The zero-order chi connectivity index (χ0) is 10.1. The number of nitrogens with one attached hydrogen (secondary N) is 1. The van der Waals surface area contributed by atoms with E-state index >= 15 is 0 Å². The Bertz CT molecular complexity index is 195. The third kappa shape index (κ3) is 2.84. The fourth-order valence-electron chi connectivity index (χ4n) is 2.86. The minimum Gasteiger partial charge on any atom is -0.393 e. The summed E-state index contributed by atoms with van der Waals surface area (Å²) >= 11 is 0.